The van der Waals surface area contributed by atoms with Crippen molar-refractivity contribution >= 4 is 17.8 Å². The van der Waals surface area contributed by atoms with Gasteiger partial charge in [0.15, 0.2) is 12.3 Å². The normalized spacial score (nSPS) is 9.58. The number of carbonyl (C=O) groups excluding carboxylic acids is 3. The van der Waals surface area contributed by atoms with Gasteiger partial charge in [0.05, 0.1) is 12.7 Å². The standard InChI is InChI=1S/C11H14N4O4/c1-15(2)10(17)6-14-9(16)7-19-11(18)8-5-12-3-4-13-8/h3-5H,6-7H2,1-2H3,(H,14,16). The van der Waals surface area contributed by atoms with E-state index in [0.717, 1.165) is 0 Å². The molecule has 0 saturated heterocycles. The Morgan fingerprint density at radius 1 is 1.32 bits per heavy atom. The molecule has 1 aromatic heterocycles. The Morgan fingerprint density at radius 2 is 2.05 bits per heavy atom. The lowest BCUT2D eigenvalue weighted by molar-refractivity contribution is -0.131. The SMILES string of the molecule is CN(C)C(=O)CNC(=O)COC(=O)c1cnccn1. The van der Waals surface area contributed by atoms with Gasteiger partial charge in [0.2, 0.25) is 5.91 Å². The van der Waals surface area contributed by atoms with Gasteiger partial charge in [0.25, 0.3) is 5.91 Å². The number of hydrogen-bond donors (Lipinski definition) is 1. The minimum Gasteiger partial charge on any atom is -0.451 e. The molecule has 1 heterocycles. The summed E-state index contributed by atoms with van der Waals surface area (Å²) in [7, 11) is 3.14. The lowest BCUT2D eigenvalue weighted by Crippen LogP contribution is -2.38. The van der Waals surface area contributed by atoms with Crippen LogP contribution in [0.1, 0.15) is 10.5 Å². The maximum absolute atomic E-state index is 11.4. The second-order valence-electron chi connectivity index (χ2n) is 3.73. The number of likely N-dealkylation sites (N-methyl/N-ethyl adjacent to an activating group) is 1. The van der Waals surface area contributed by atoms with Crippen LogP contribution in [-0.2, 0) is 14.3 Å². The largest absolute Gasteiger partial charge is 0.451 e. The third-order valence-electron chi connectivity index (χ3n) is 2.04. The Morgan fingerprint density at radius 3 is 2.63 bits per heavy atom. The molecule has 0 aromatic carbocycles. The molecule has 19 heavy (non-hydrogen) atoms. The first-order chi connectivity index (χ1) is 9.00. The Labute approximate surface area is 109 Å². The van der Waals surface area contributed by atoms with E-state index in [-0.39, 0.29) is 18.1 Å². The van der Waals surface area contributed by atoms with Gasteiger partial charge in [0, 0.05) is 26.5 Å². The fourth-order valence-electron chi connectivity index (χ4n) is 0.993. The van der Waals surface area contributed by atoms with E-state index in [2.05, 4.69) is 15.3 Å². The minimum atomic E-state index is -0.748. The van der Waals surface area contributed by atoms with Gasteiger partial charge in [-0.25, -0.2) is 9.78 Å². The molecular formula is C11H14N4O4. The zero-order chi connectivity index (χ0) is 14.3. The van der Waals surface area contributed by atoms with E-state index in [4.69, 9.17) is 4.74 Å². The van der Waals surface area contributed by atoms with Crippen molar-refractivity contribution in [3.63, 3.8) is 0 Å². The van der Waals surface area contributed by atoms with Crippen molar-refractivity contribution in [2.24, 2.45) is 0 Å². The van der Waals surface area contributed by atoms with Crippen molar-refractivity contribution in [2.75, 3.05) is 27.2 Å². The van der Waals surface area contributed by atoms with Gasteiger partial charge >= 0.3 is 5.97 Å². The highest BCUT2D eigenvalue weighted by Gasteiger charge is 2.12. The van der Waals surface area contributed by atoms with Crippen LogP contribution in [0.25, 0.3) is 0 Å². The van der Waals surface area contributed by atoms with E-state index in [0.29, 0.717) is 0 Å². The van der Waals surface area contributed by atoms with Crippen LogP contribution in [0.15, 0.2) is 18.6 Å². The Hall–Kier alpha value is -2.51. The molecule has 8 nitrogen and oxygen atoms in total. The minimum absolute atomic E-state index is 0.0136. The van der Waals surface area contributed by atoms with Crippen LogP contribution in [0.5, 0.6) is 0 Å². The van der Waals surface area contributed by atoms with Gasteiger partial charge in [-0.1, -0.05) is 0 Å². The van der Waals surface area contributed by atoms with E-state index in [1.165, 1.54) is 23.5 Å². The highest BCUT2D eigenvalue weighted by atomic mass is 16.5. The summed E-state index contributed by atoms with van der Waals surface area (Å²) >= 11 is 0. The molecule has 2 amide bonds. The number of hydrogen-bond acceptors (Lipinski definition) is 6. The van der Waals surface area contributed by atoms with Crippen molar-refractivity contribution in [1.29, 1.82) is 0 Å². The third kappa shape index (κ3) is 5.11. The monoisotopic (exact) mass is 266 g/mol. The van der Waals surface area contributed by atoms with Gasteiger partial charge in [-0.15, -0.1) is 0 Å². The van der Waals surface area contributed by atoms with Crippen LogP contribution in [0, 0.1) is 0 Å². The second kappa shape index (κ2) is 7.04. The maximum atomic E-state index is 11.4. The van der Waals surface area contributed by atoms with E-state index in [9.17, 15) is 14.4 Å². The number of nitrogens with zero attached hydrogens (tertiary/aromatic N) is 3. The maximum Gasteiger partial charge on any atom is 0.359 e. The Balaban J connectivity index is 2.31. The molecule has 0 aliphatic rings. The molecule has 0 aliphatic carbocycles. The molecule has 0 radical (unpaired) electrons. The summed E-state index contributed by atoms with van der Waals surface area (Å²) in [5, 5.41) is 2.33. The smallest absolute Gasteiger partial charge is 0.359 e. The number of esters is 1. The van der Waals surface area contributed by atoms with E-state index in [1.54, 1.807) is 14.1 Å². The van der Waals surface area contributed by atoms with Gasteiger partial charge < -0.3 is 15.0 Å². The molecule has 0 aliphatic heterocycles. The number of ether oxygens (including phenoxy) is 1. The first kappa shape index (κ1) is 14.6. The summed E-state index contributed by atoms with van der Waals surface area (Å²) in [6.07, 6.45) is 3.98. The zero-order valence-corrected chi connectivity index (χ0v) is 10.6. The summed E-state index contributed by atoms with van der Waals surface area (Å²) in [5.74, 6) is -1.57. The fraction of sp³-hybridized carbons (Fsp3) is 0.364. The number of nitrogens with one attached hydrogen (secondary N) is 1. The number of aromatic nitrogens is 2. The van der Waals surface area contributed by atoms with E-state index in [1.807, 2.05) is 0 Å². The summed E-state index contributed by atoms with van der Waals surface area (Å²) < 4.78 is 4.70. The molecule has 102 valence electrons. The lowest BCUT2D eigenvalue weighted by Gasteiger charge is -2.10. The number of amides is 2. The van der Waals surface area contributed by atoms with Gasteiger partial charge in [0.1, 0.15) is 0 Å². The molecule has 8 heteroatoms. The fourth-order valence-corrected chi connectivity index (χ4v) is 0.993. The zero-order valence-electron chi connectivity index (χ0n) is 10.6. The molecule has 0 atom stereocenters. The van der Waals surface area contributed by atoms with Crippen LogP contribution < -0.4 is 5.32 Å². The van der Waals surface area contributed by atoms with Crippen molar-refractivity contribution in [2.45, 2.75) is 0 Å². The molecule has 0 saturated carbocycles. The van der Waals surface area contributed by atoms with Crippen molar-refractivity contribution in [1.82, 2.24) is 20.2 Å². The first-order valence-electron chi connectivity index (χ1n) is 5.40. The Kier molecular flexibility index (Phi) is 5.39. The molecule has 1 rings (SSSR count). The van der Waals surface area contributed by atoms with Crippen molar-refractivity contribution < 1.29 is 19.1 Å². The highest BCUT2D eigenvalue weighted by molar-refractivity contribution is 5.90. The van der Waals surface area contributed by atoms with Crippen LogP contribution in [0.2, 0.25) is 0 Å². The average molecular weight is 266 g/mol. The van der Waals surface area contributed by atoms with Crippen LogP contribution in [-0.4, -0.2) is 59.9 Å². The van der Waals surface area contributed by atoms with Crippen LogP contribution in [0.3, 0.4) is 0 Å². The van der Waals surface area contributed by atoms with Gasteiger partial charge in [-0.2, -0.15) is 0 Å². The molecule has 0 spiro atoms. The quantitative estimate of drug-likeness (QED) is 0.674. The van der Waals surface area contributed by atoms with Gasteiger partial charge in [-0.3, -0.25) is 14.6 Å². The average Bonchev–Trinajstić information content (AvgIpc) is 2.42. The highest BCUT2D eigenvalue weighted by Crippen LogP contribution is 1.93. The predicted octanol–water partition coefficient (Wildman–Crippen LogP) is -1.16. The molecule has 0 bridgehead atoms. The Bertz CT molecular complexity index is 461. The topological polar surface area (TPSA) is 101 Å². The van der Waals surface area contributed by atoms with Crippen LogP contribution >= 0.6 is 0 Å². The molecule has 0 unspecified atom stereocenters. The lowest BCUT2D eigenvalue weighted by atomic mass is 10.4. The van der Waals surface area contributed by atoms with Crippen molar-refractivity contribution in [3.8, 4) is 0 Å². The second-order valence-corrected chi connectivity index (χ2v) is 3.73. The van der Waals surface area contributed by atoms with Crippen LogP contribution in [0.4, 0.5) is 0 Å². The molecule has 0 fully saturated rings. The number of rotatable bonds is 5. The van der Waals surface area contributed by atoms with Gasteiger partial charge in [-0.05, 0) is 0 Å². The van der Waals surface area contributed by atoms with E-state index >= 15 is 0 Å². The molecular weight excluding hydrogens is 252 g/mol. The summed E-state index contributed by atoms with van der Waals surface area (Å²) in [6.45, 7) is -0.620. The first-order valence-corrected chi connectivity index (χ1v) is 5.40. The third-order valence-corrected chi connectivity index (χ3v) is 2.04. The van der Waals surface area contributed by atoms with E-state index < -0.39 is 18.5 Å². The van der Waals surface area contributed by atoms with Crippen molar-refractivity contribution in [3.05, 3.63) is 24.3 Å². The summed E-state index contributed by atoms with van der Waals surface area (Å²) in [4.78, 5) is 42.7. The molecule has 1 aromatic rings. The summed E-state index contributed by atoms with van der Waals surface area (Å²) in [6, 6.07) is 0. The molecule has 1 N–H and O–H groups in total. The summed E-state index contributed by atoms with van der Waals surface area (Å²) in [5.41, 5.74) is 0.0136. The number of carbonyl (C=O) groups is 3. The predicted molar refractivity (Wildman–Crippen MR) is 64.0 cm³/mol.